The zero-order valence-corrected chi connectivity index (χ0v) is 13.9. The fraction of sp³-hybridized carbons (Fsp3) is 0.867. The van der Waals surface area contributed by atoms with Crippen LogP contribution in [0.15, 0.2) is 0 Å². The fourth-order valence-electron chi connectivity index (χ4n) is 2.47. The van der Waals surface area contributed by atoms with E-state index >= 15 is 0 Å². The van der Waals surface area contributed by atoms with Crippen LogP contribution in [0, 0.1) is 5.92 Å². The highest BCUT2D eigenvalue weighted by Gasteiger charge is 2.31. The lowest BCUT2D eigenvalue weighted by Gasteiger charge is -2.29. The van der Waals surface area contributed by atoms with Gasteiger partial charge >= 0.3 is 6.09 Å². The SMILES string of the molecule is CC(C)N(CC1CCN(C(=O)OC(C)(C)C)C1)C(=O)CN. The quantitative estimate of drug-likeness (QED) is 0.852. The van der Waals surface area contributed by atoms with Gasteiger partial charge in [0.15, 0.2) is 0 Å². The normalized spacial score (nSPS) is 19.0. The lowest BCUT2D eigenvalue weighted by molar-refractivity contribution is -0.132. The molecule has 1 unspecified atom stereocenters. The lowest BCUT2D eigenvalue weighted by Crippen LogP contribution is -2.44. The van der Waals surface area contributed by atoms with E-state index in [1.165, 1.54) is 0 Å². The van der Waals surface area contributed by atoms with Crippen LogP contribution in [0.1, 0.15) is 41.0 Å². The summed E-state index contributed by atoms with van der Waals surface area (Å²) >= 11 is 0. The summed E-state index contributed by atoms with van der Waals surface area (Å²) in [5.74, 6) is 0.246. The van der Waals surface area contributed by atoms with E-state index in [1.54, 1.807) is 9.80 Å². The van der Waals surface area contributed by atoms with Crippen LogP contribution in [0.3, 0.4) is 0 Å². The molecule has 1 fully saturated rings. The number of rotatable bonds is 4. The third-order valence-corrected chi connectivity index (χ3v) is 3.51. The molecule has 6 heteroatoms. The van der Waals surface area contributed by atoms with Crippen molar-refractivity contribution in [1.29, 1.82) is 0 Å². The Morgan fingerprint density at radius 2 is 2.00 bits per heavy atom. The molecule has 0 aliphatic carbocycles. The third kappa shape index (κ3) is 5.53. The van der Waals surface area contributed by atoms with Gasteiger partial charge in [0.05, 0.1) is 6.54 Å². The molecule has 0 aromatic carbocycles. The molecule has 1 atom stereocenters. The zero-order valence-electron chi connectivity index (χ0n) is 13.9. The minimum atomic E-state index is -0.478. The van der Waals surface area contributed by atoms with Crippen LogP contribution >= 0.6 is 0 Å². The minimum Gasteiger partial charge on any atom is -0.444 e. The first-order valence-electron chi connectivity index (χ1n) is 7.61. The molecule has 122 valence electrons. The Morgan fingerprint density at radius 3 is 2.48 bits per heavy atom. The molecular weight excluding hydrogens is 270 g/mol. The zero-order chi connectivity index (χ0) is 16.2. The molecule has 1 heterocycles. The maximum atomic E-state index is 12.0. The van der Waals surface area contributed by atoms with Gasteiger partial charge in [-0.2, -0.15) is 0 Å². The summed E-state index contributed by atoms with van der Waals surface area (Å²) in [4.78, 5) is 27.4. The van der Waals surface area contributed by atoms with Gasteiger partial charge in [0.25, 0.3) is 0 Å². The molecule has 0 spiro atoms. The number of hydrogen-bond donors (Lipinski definition) is 1. The second-order valence-electron chi connectivity index (χ2n) is 6.93. The summed E-state index contributed by atoms with van der Waals surface area (Å²) in [5.41, 5.74) is 4.98. The Balaban J connectivity index is 2.54. The average molecular weight is 299 g/mol. The predicted molar refractivity (Wildman–Crippen MR) is 81.8 cm³/mol. The number of ether oxygens (including phenoxy) is 1. The van der Waals surface area contributed by atoms with E-state index in [2.05, 4.69) is 0 Å². The van der Waals surface area contributed by atoms with Crippen molar-refractivity contribution < 1.29 is 14.3 Å². The van der Waals surface area contributed by atoms with E-state index in [0.29, 0.717) is 19.6 Å². The molecule has 1 saturated heterocycles. The monoisotopic (exact) mass is 299 g/mol. The first-order valence-corrected chi connectivity index (χ1v) is 7.61. The van der Waals surface area contributed by atoms with Gasteiger partial charge in [-0.15, -0.1) is 0 Å². The molecule has 6 nitrogen and oxygen atoms in total. The first kappa shape index (κ1) is 17.8. The average Bonchev–Trinajstić information content (AvgIpc) is 2.81. The standard InChI is InChI=1S/C15H29N3O3/c1-11(2)18(13(19)8-16)10-12-6-7-17(9-12)14(20)21-15(3,4)5/h11-12H,6-10,16H2,1-5H3. The second kappa shape index (κ2) is 7.11. The molecule has 0 aromatic heterocycles. The Hall–Kier alpha value is -1.30. The lowest BCUT2D eigenvalue weighted by atomic mass is 10.1. The second-order valence-corrected chi connectivity index (χ2v) is 6.93. The van der Waals surface area contributed by atoms with Gasteiger partial charge in [0.1, 0.15) is 5.60 Å². The van der Waals surface area contributed by atoms with E-state index in [9.17, 15) is 9.59 Å². The Kier molecular flexibility index (Phi) is 6.01. The van der Waals surface area contributed by atoms with E-state index in [4.69, 9.17) is 10.5 Å². The summed E-state index contributed by atoms with van der Waals surface area (Å²) in [6.45, 7) is 11.5. The maximum absolute atomic E-state index is 12.0. The Bertz CT molecular complexity index is 377. The van der Waals surface area contributed by atoms with Gasteiger partial charge in [-0.1, -0.05) is 0 Å². The van der Waals surface area contributed by atoms with E-state index in [0.717, 1.165) is 6.42 Å². The van der Waals surface area contributed by atoms with Crippen molar-refractivity contribution in [3.05, 3.63) is 0 Å². The van der Waals surface area contributed by atoms with Crippen molar-refractivity contribution in [2.75, 3.05) is 26.2 Å². The predicted octanol–water partition coefficient (Wildman–Crippen LogP) is 1.44. The number of likely N-dealkylation sites (tertiary alicyclic amines) is 1. The smallest absolute Gasteiger partial charge is 0.410 e. The van der Waals surface area contributed by atoms with Crippen LogP contribution in [-0.2, 0) is 9.53 Å². The molecular formula is C15H29N3O3. The molecule has 2 N–H and O–H groups in total. The highest BCUT2D eigenvalue weighted by molar-refractivity contribution is 5.78. The van der Waals surface area contributed by atoms with Crippen molar-refractivity contribution in [3.8, 4) is 0 Å². The van der Waals surface area contributed by atoms with Gasteiger partial charge in [0.2, 0.25) is 5.91 Å². The molecule has 1 aliphatic heterocycles. The summed E-state index contributed by atoms with van der Waals surface area (Å²) in [5, 5.41) is 0. The van der Waals surface area contributed by atoms with Gasteiger partial charge in [0, 0.05) is 25.7 Å². The highest BCUT2D eigenvalue weighted by atomic mass is 16.6. The van der Waals surface area contributed by atoms with Crippen LogP contribution in [0.25, 0.3) is 0 Å². The van der Waals surface area contributed by atoms with Crippen LogP contribution in [-0.4, -0.2) is 59.6 Å². The summed E-state index contributed by atoms with van der Waals surface area (Å²) in [6, 6.07) is 0.122. The van der Waals surface area contributed by atoms with E-state index in [1.807, 2.05) is 34.6 Å². The molecule has 0 radical (unpaired) electrons. The number of nitrogens with two attached hydrogens (primary N) is 1. The van der Waals surface area contributed by atoms with Crippen molar-refractivity contribution >= 4 is 12.0 Å². The minimum absolute atomic E-state index is 0.0285. The molecule has 0 saturated carbocycles. The largest absolute Gasteiger partial charge is 0.444 e. The first-order chi connectivity index (χ1) is 9.64. The summed E-state index contributed by atoms with van der Waals surface area (Å²) in [7, 11) is 0. The van der Waals surface area contributed by atoms with Crippen molar-refractivity contribution in [2.45, 2.75) is 52.7 Å². The van der Waals surface area contributed by atoms with Gasteiger partial charge in [-0.3, -0.25) is 4.79 Å². The molecule has 0 aromatic rings. The van der Waals surface area contributed by atoms with Gasteiger partial charge in [-0.25, -0.2) is 4.79 Å². The molecule has 1 aliphatic rings. The van der Waals surface area contributed by atoms with Crippen molar-refractivity contribution in [1.82, 2.24) is 9.80 Å². The van der Waals surface area contributed by atoms with Gasteiger partial charge in [-0.05, 0) is 47.0 Å². The van der Waals surface area contributed by atoms with Gasteiger partial charge < -0.3 is 20.3 Å². The molecule has 1 rings (SSSR count). The van der Waals surface area contributed by atoms with E-state index < -0.39 is 5.60 Å². The number of amides is 2. The summed E-state index contributed by atoms with van der Waals surface area (Å²) in [6.07, 6.45) is 0.617. The Labute approximate surface area is 127 Å². The number of carbonyl (C=O) groups excluding carboxylic acids is 2. The Morgan fingerprint density at radius 1 is 1.38 bits per heavy atom. The van der Waals surface area contributed by atoms with Crippen LogP contribution in [0.4, 0.5) is 4.79 Å². The molecule has 21 heavy (non-hydrogen) atoms. The topological polar surface area (TPSA) is 75.9 Å². The summed E-state index contributed by atoms with van der Waals surface area (Å²) < 4.78 is 5.38. The van der Waals surface area contributed by atoms with Crippen molar-refractivity contribution in [2.24, 2.45) is 11.7 Å². The van der Waals surface area contributed by atoms with Crippen LogP contribution in [0.2, 0.25) is 0 Å². The highest BCUT2D eigenvalue weighted by Crippen LogP contribution is 2.21. The van der Waals surface area contributed by atoms with Crippen LogP contribution in [0.5, 0.6) is 0 Å². The van der Waals surface area contributed by atoms with Crippen LogP contribution < -0.4 is 5.73 Å². The fourth-order valence-corrected chi connectivity index (χ4v) is 2.47. The maximum Gasteiger partial charge on any atom is 0.410 e. The third-order valence-electron chi connectivity index (χ3n) is 3.51. The number of nitrogens with zero attached hydrogens (tertiary/aromatic N) is 2. The molecule has 0 bridgehead atoms. The van der Waals surface area contributed by atoms with Crippen molar-refractivity contribution in [3.63, 3.8) is 0 Å². The number of hydrogen-bond acceptors (Lipinski definition) is 4. The van der Waals surface area contributed by atoms with E-state index in [-0.39, 0.29) is 30.5 Å². The number of carbonyl (C=O) groups is 2. The molecule has 2 amide bonds.